The van der Waals surface area contributed by atoms with Gasteiger partial charge in [-0.15, -0.1) is 0 Å². The molecule has 0 saturated carbocycles. The number of hydrogen-bond donors (Lipinski definition) is 1. The molecule has 0 aliphatic rings. The molecule has 0 aliphatic heterocycles. The molecule has 0 atom stereocenters. The molecular weight excluding hydrogens is 333 g/mol. The van der Waals surface area contributed by atoms with Gasteiger partial charge in [0.05, 0.1) is 5.02 Å². The molecule has 100 valence electrons. The molecule has 19 heavy (non-hydrogen) atoms. The van der Waals surface area contributed by atoms with E-state index in [2.05, 4.69) is 15.9 Å². The predicted octanol–water partition coefficient (Wildman–Crippen LogP) is 4.28. The van der Waals surface area contributed by atoms with Gasteiger partial charge in [-0.05, 0) is 29.8 Å². The molecule has 0 bridgehead atoms. The van der Waals surface area contributed by atoms with Crippen LogP contribution in [-0.2, 0) is 13.2 Å². The van der Waals surface area contributed by atoms with Crippen LogP contribution in [0.15, 0.2) is 40.9 Å². The Labute approximate surface area is 124 Å². The van der Waals surface area contributed by atoms with Crippen LogP contribution in [0.5, 0.6) is 5.75 Å². The molecule has 2 aromatic carbocycles. The third-order valence-corrected chi connectivity index (χ3v) is 3.66. The second kappa shape index (κ2) is 6.37. The summed E-state index contributed by atoms with van der Waals surface area (Å²) in [5.41, 5.74) is 7.32. The van der Waals surface area contributed by atoms with Crippen molar-refractivity contribution >= 4 is 27.5 Å². The quantitative estimate of drug-likeness (QED) is 0.898. The Bertz CT molecular complexity index is 592. The summed E-state index contributed by atoms with van der Waals surface area (Å²) in [4.78, 5) is 0. The van der Waals surface area contributed by atoms with Crippen LogP contribution in [0.4, 0.5) is 4.39 Å². The van der Waals surface area contributed by atoms with Crippen LogP contribution in [0, 0.1) is 5.82 Å². The van der Waals surface area contributed by atoms with Crippen molar-refractivity contribution < 1.29 is 9.13 Å². The highest BCUT2D eigenvalue weighted by atomic mass is 79.9. The lowest BCUT2D eigenvalue weighted by molar-refractivity contribution is 0.305. The highest BCUT2D eigenvalue weighted by Gasteiger charge is 2.06. The van der Waals surface area contributed by atoms with E-state index >= 15 is 0 Å². The zero-order valence-corrected chi connectivity index (χ0v) is 12.3. The molecule has 0 saturated heterocycles. The molecule has 2 aromatic rings. The first-order chi connectivity index (χ1) is 9.10. The number of halogens is 3. The van der Waals surface area contributed by atoms with Crippen molar-refractivity contribution in [3.63, 3.8) is 0 Å². The van der Waals surface area contributed by atoms with Gasteiger partial charge in [-0.2, -0.15) is 0 Å². The first kappa shape index (κ1) is 14.3. The van der Waals surface area contributed by atoms with Gasteiger partial charge in [0.25, 0.3) is 0 Å². The minimum Gasteiger partial charge on any atom is -0.487 e. The van der Waals surface area contributed by atoms with Crippen molar-refractivity contribution in [2.75, 3.05) is 0 Å². The Morgan fingerprint density at radius 2 is 2.00 bits per heavy atom. The molecular formula is C14H12BrClFNO. The Morgan fingerprint density at radius 3 is 2.63 bits per heavy atom. The van der Waals surface area contributed by atoms with Gasteiger partial charge in [-0.1, -0.05) is 39.7 Å². The summed E-state index contributed by atoms with van der Waals surface area (Å²) in [5.74, 6) is 0.288. The maximum atomic E-state index is 13.0. The fourth-order valence-corrected chi connectivity index (χ4v) is 2.31. The first-order valence-corrected chi connectivity index (χ1v) is 6.82. The average Bonchev–Trinajstić information content (AvgIpc) is 2.39. The maximum absolute atomic E-state index is 13.0. The maximum Gasteiger partial charge on any atom is 0.138 e. The summed E-state index contributed by atoms with van der Waals surface area (Å²) in [6.45, 7) is 0.742. The number of rotatable bonds is 4. The van der Waals surface area contributed by atoms with E-state index in [1.54, 1.807) is 18.2 Å². The number of ether oxygens (including phenoxy) is 1. The van der Waals surface area contributed by atoms with Gasteiger partial charge < -0.3 is 10.5 Å². The van der Waals surface area contributed by atoms with Crippen LogP contribution in [-0.4, -0.2) is 0 Å². The van der Waals surface area contributed by atoms with Crippen LogP contribution in [0.3, 0.4) is 0 Å². The highest BCUT2D eigenvalue weighted by Crippen LogP contribution is 2.27. The van der Waals surface area contributed by atoms with Gasteiger partial charge in [0.15, 0.2) is 0 Å². The lowest BCUT2D eigenvalue weighted by atomic mass is 10.2. The highest BCUT2D eigenvalue weighted by molar-refractivity contribution is 9.10. The molecule has 0 spiro atoms. The van der Waals surface area contributed by atoms with E-state index in [-0.39, 0.29) is 5.82 Å². The summed E-state index contributed by atoms with van der Waals surface area (Å²) >= 11 is 9.38. The third-order valence-electron chi connectivity index (χ3n) is 2.63. The summed E-state index contributed by atoms with van der Waals surface area (Å²) in [7, 11) is 0. The Morgan fingerprint density at radius 1 is 1.21 bits per heavy atom. The van der Waals surface area contributed by atoms with E-state index in [1.165, 1.54) is 12.1 Å². The normalized spacial score (nSPS) is 10.5. The topological polar surface area (TPSA) is 35.2 Å². The molecule has 0 radical (unpaired) electrons. The van der Waals surface area contributed by atoms with Gasteiger partial charge in [0.2, 0.25) is 0 Å². The van der Waals surface area contributed by atoms with Gasteiger partial charge in [0, 0.05) is 16.6 Å². The predicted molar refractivity (Wildman–Crippen MR) is 77.8 cm³/mol. The zero-order valence-electron chi connectivity index (χ0n) is 10.00. The molecule has 2 N–H and O–H groups in total. The SMILES string of the molecule is NCc1ccc(OCc2ccc(F)cc2Br)c(Cl)c1. The lowest BCUT2D eigenvalue weighted by Crippen LogP contribution is -1.99. The Hall–Kier alpha value is -1.10. The zero-order chi connectivity index (χ0) is 13.8. The summed E-state index contributed by atoms with van der Waals surface area (Å²) in [6, 6.07) is 9.88. The van der Waals surface area contributed by atoms with Crippen molar-refractivity contribution in [3.8, 4) is 5.75 Å². The average molecular weight is 345 g/mol. The second-order valence-electron chi connectivity index (χ2n) is 3.99. The monoisotopic (exact) mass is 343 g/mol. The van der Waals surface area contributed by atoms with Crippen LogP contribution in [0.25, 0.3) is 0 Å². The van der Waals surface area contributed by atoms with Crippen LogP contribution in [0.1, 0.15) is 11.1 Å². The van der Waals surface area contributed by atoms with Crippen LogP contribution >= 0.6 is 27.5 Å². The molecule has 0 aromatic heterocycles. The largest absolute Gasteiger partial charge is 0.487 e. The van der Waals surface area contributed by atoms with Crippen molar-refractivity contribution in [1.82, 2.24) is 0 Å². The fraction of sp³-hybridized carbons (Fsp3) is 0.143. The van der Waals surface area contributed by atoms with Gasteiger partial charge >= 0.3 is 0 Å². The van der Waals surface area contributed by atoms with Crippen molar-refractivity contribution in [2.24, 2.45) is 5.73 Å². The second-order valence-corrected chi connectivity index (χ2v) is 5.25. The third kappa shape index (κ3) is 3.69. The van der Waals surface area contributed by atoms with E-state index in [9.17, 15) is 4.39 Å². The van der Waals surface area contributed by atoms with Crippen molar-refractivity contribution in [3.05, 3.63) is 62.8 Å². The molecule has 0 unspecified atom stereocenters. The molecule has 2 nitrogen and oxygen atoms in total. The van der Waals surface area contributed by atoms with E-state index in [0.717, 1.165) is 11.1 Å². The molecule has 2 rings (SSSR count). The minimum absolute atomic E-state index is 0.291. The van der Waals surface area contributed by atoms with Gasteiger partial charge in [0.1, 0.15) is 18.2 Å². The Kier molecular flexibility index (Phi) is 4.80. The number of nitrogens with two attached hydrogens (primary N) is 1. The fourth-order valence-electron chi connectivity index (χ4n) is 1.58. The standard InChI is InChI=1S/C14H12BrClFNO/c15-12-6-11(17)3-2-10(12)8-19-14-4-1-9(7-18)5-13(14)16/h1-6H,7-8,18H2. The Balaban J connectivity index is 2.10. The van der Waals surface area contributed by atoms with E-state index < -0.39 is 0 Å². The molecule has 0 heterocycles. The minimum atomic E-state index is -0.291. The van der Waals surface area contributed by atoms with Crippen LogP contribution < -0.4 is 10.5 Å². The molecule has 0 aliphatic carbocycles. The first-order valence-electron chi connectivity index (χ1n) is 5.65. The summed E-state index contributed by atoms with van der Waals surface area (Å²) < 4.78 is 19.2. The van der Waals surface area contributed by atoms with E-state index in [0.29, 0.717) is 28.4 Å². The lowest BCUT2D eigenvalue weighted by Gasteiger charge is -2.10. The number of hydrogen-bond acceptors (Lipinski definition) is 2. The molecule has 0 fully saturated rings. The summed E-state index contributed by atoms with van der Waals surface area (Å²) in [5, 5.41) is 0.515. The van der Waals surface area contributed by atoms with E-state index in [4.69, 9.17) is 22.1 Å². The molecule has 5 heteroatoms. The van der Waals surface area contributed by atoms with Crippen molar-refractivity contribution in [1.29, 1.82) is 0 Å². The smallest absolute Gasteiger partial charge is 0.138 e. The van der Waals surface area contributed by atoms with Gasteiger partial charge in [-0.25, -0.2) is 4.39 Å². The van der Waals surface area contributed by atoms with E-state index in [1.807, 2.05) is 6.07 Å². The summed E-state index contributed by atoms with van der Waals surface area (Å²) in [6.07, 6.45) is 0. The number of benzene rings is 2. The van der Waals surface area contributed by atoms with Gasteiger partial charge in [-0.3, -0.25) is 0 Å². The molecule has 0 amide bonds. The van der Waals surface area contributed by atoms with Crippen LogP contribution in [0.2, 0.25) is 5.02 Å². The van der Waals surface area contributed by atoms with Crippen molar-refractivity contribution in [2.45, 2.75) is 13.2 Å².